The Hall–Kier alpha value is -1.52. The monoisotopic (exact) mass is 266 g/mol. The van der Waals surface area contributed by atoms with Gasteiger partial charge in [-0.25, -0.2) is 4.79 Å². The molecule has 0 aromatic carbocycles. The van der Waals surface area contributed by atoms with Gasteiger partial charge in [0.05, 0.1) is 12.0 Å². The lowest BCUT2D eigenvalue weighted by Gasteiger charge is -2.22. The summed E-state index contributed by atoms with van der Waals surface area (Å²) in [6.45, 7) is 2.04. The molecule has 5 nitrogen and oxygen atoms in total. The van der Waals surface area contributed by atoms with Gasteiger partial charge in [0, 0.05) is 6.04 Å². The van der Waals surface area contributed by atoms with E-state index in [0.29, 0.717) is 12.3 Å². The van der Waals surface area contributed by atoms with Crippen LogP contribution in [0.25, 0.3) is 0 Å². The van der Waals surface area contributed by atoms with E-state index in [0.717, 1.165) is 0 Å². The van der Waals surface area contributed by atoms with E-state index in [-0.39, 0.29) is 18.1 Å². The van der Waals surface area contributed by atoms with Crippen LogP contribution in [0, 0.1) is 11.8 Å². The van der Waals surface area contributed by atoms with Crippen LogP contribution in [0.2, 0.25) is 0 Å². The van der Waals surface area contributed by atoms with Crippen LogP contribution in [0.4, 0.5) is 4.79 Å². The minimum absolute atomic E-state index is 0.170. The molecular formula is C14H22N2O3. The molecule has 2 rings (SSSR count). The van der Waals surface area contributed by atoms with Gasteiger partial charge < -0.3 is 15.7 Å². The molecule has 0 aromatic heterocycles. The minimum atomic E-state index is -0.833. The number of carboxylic acid groups (broad SMARTS) is 1. The molecule has 2 amide bonds. The van der Waals surface area contributed by atoms with Gasteiger partial charge in [-0.1, -0.05) is 25.0 Å². The molecule has 1 fully saturated rings. The molecule has 0 aromatic rings. The van der Waals surface area contributed by atoms with E-state index in [1.165, 1.54) is 25.7 Å². The first-order valence-corrected chi connectivity index (χ1v) is 7.04. The second-order valence-electron chi connectivity index (χ2n) is 5.62. The summed E-state index contributed by atoms with van der Waals surface area (Å²) in [6, 6.07) is -0.180. The lowest BCUT2D eigenvalue weighted by Crippen LogP contribution is -2.46. The Morgan fingerprint density at radius 1 is 1.26 bits per heavy atom. The van der Waals surface area contributed by atoms with Crippen molar-refractivity contribution < 1.29 is 14.7 Å². The predicted octanol–water partition coefficient (Wildman–Crippen LogP) is 1.89. The molecule has 3 atom stereocenters. The van der Waals surface area contributed by atoms with Gasteiger partial charge in [-0.15, -0.1) is 0 Å². The molecule has 0 aliphatic heterocycles. The molecule has 1 saturated carbocycles. The molecule has 5 heteroatoms. The van der Waals surface area contributed by atoms with E-state index in [1.807, 2.05) is 6.92 Å². The van der Waals surface area contributed by atoms with Crippen LogP contribution >= 0.6 is 0 Å². The van der Waals surface area contributed by atoms with Crippen molar-refractivity contribution in [1.82, 2.24) is 10.6 Å². The number of carbonyl (C=O) groups excluding carboxylic acids is 1. The Balaban J connectivity index is 1.73. The Morgan fingerprint density at radius 3 is 2.53 bits per heavy atom. The Labute approximate surface area is 113 Å². The normalized spacial score (nSPS) is 28.3. The van der Waals surface area contributed by atoms with Gasteiger partial charge in [-0.3, -0.25) is 4.79 Å². The van der Waals surface area contributed by atoms with Crippen molar-refractivity contribution in [3.05, 3.63) is 12.2 Å². The van der Waals surface area contributed by atoms with Gasteiger partial charge in [-0.2, -0.15) is 0 Å². The number of carboxylic acids is 1. The molecule has 2 aliphatic rings. The number of nitrogens with one attached hydrogen (secondary N) is 2. The van der Waals surface area contributed by atoms with Gasteiger partial charge in [-0.05, 0) is 32.1 Å². The summed E-state index contributed by atoms with van der Waals surface area (Å²) >= 11 is 0. The maximum atomic E-state index is 11.8. The average molecular weight is 266 g/mol. The summed E-state index contributed by atoms with van der Waals surface area (Å²) in [5, 5.41) is 14.7. The second kappa shape index (κ2) is 6.08. The predicted molar refractivity (Wildman–Crippen MR) is 71.8 cm³/mol. The van der Waals surface area contributed by atoms with Crippen LogP contribution in [-0.4, -0.2) is 29.2 Å². The van der Waals surface area contributed by atoms with Gasteiger partial charge >= 0.3 is 12.0 Å². The average Bonchev–Trinajstić information content (AvgIpc) is 2.98. The zero-order valence-electron chi connectivity index (χ0n) is 11.3. The topological polar surface area (TPSA) is 78.4 Å². The second-order valence-corrected chi connectivity index (χ2v) is 5.62. The number of carbonyl (C=O) groups is 2. The van der Waals surface area contributed by atoms with Crippen molar-refractivity contribution in [3.63, 3.8) is 0 Å². The van der Waals surface area contributed by atoms with Crippen LogP contribution in [0.1, 0.15) is 39.0 Å². The Kier molecular flexibility index (Phi) is 4.45. The zero-order valence-corrected chi connectivity index (χ0v) is 11.3. The highest BCUT2D eigenvalue weighted by atomic mass is 16.4. The third-order valence-corrected chi connectivity index (χ3v) is 4.18. The van der Waals surface area contributed by atoms with Crippen molar-refractivity contribution in [2.45, 2.75) is 51.1 Å². The highest BCUT2D eigenvalue weighted by Gasteiger charge is 2.27. The third-order valence-electron chi connectivity index (χ3n) is 4.18. The number of rotatable bonds is 4. The Bertz CT molecular complexity index is 375. The first-order valence-electron chi connectivity index (χ1n) is 7.04. The Morgan fingerprint density at radius 2 is 1.95 bits per heavy atom. The first-order chi connectivity index (χ1) is 9.06. The summed E-state index contributed by atoms with van der Waals surface area (Å²) in [6.07, 6.45) is 8.73. The minimum Gasteiger partial charge on any atom is -0.481 e. The molecule has 19 heavy (non-hydrogen) atoms. The smallest absolute Gasteiger partial charge is 0.315 e. The van der Waals surface area contributed by atoms with E-state index in [9.17, 15) is 9.59 Å². The number of hydrogen-bond donors (Lipinski definition) is 3. The maximum Gasteiger partial charge on any atom is 0.315 e. The van der Waals surface area contributed by atoms with Crippen molar-refractivity contribution in [2.24, 2.45) is 11.8 Å². The summed E-state index contributed by atoms with van der Waals surface area (Å²) < 4.78 is 0. The largest absolute Gasteiger partial charge is 0.481 e. The van der Waals surface area contributed by atoms with E-state index in [2.05, 4.69) is 10.6 Å². The van der Waals surface area contributed by atoms with Crippen LogP contribution in [0.3, 0.4) is 0 Å². The fourth-order valence-electron chi connectivity index (χ4n) is 2.98. The van der Waals surface area contributed by atoms with Crippen molar-refractivity contribution in [1.29, 1.82) is 0 Å². The molecule has 0 spiro atoms. The van der Waals surface area contributed by atoms with Crippen LogP contribution in [-0.2, 0) is 4.79 Å². The summed E-state index contributed by atoms with van der Waals surface area (Å²) in [7, 11) is 0. The van der Waals surface area contributed by atoms with Gasteiger partial charge in [0.2, 0.25) is 0 Å². The number of urea groups is 1. The molecule has 2 aliphatic carbocycles. The van der Waals surface area contributed by atoms with Crippen molar-refractivity contribution in [2.75, 3.05) is 0 Å². The molecule has 0 radical (unpaired) electrons. The van der Waals surface area contributed by atoms with Gasteiger partial charge in [0.1, 0.15) is 0 Å². The number of hydrogen-bond acceptors (Lipinski definition) is 2. The van der Waals surface area contributed by atoms with Crippen LogP contribution in [0.5, 0.6) is 0 Å². The lowest BCUT2D eigenvalue weighted by atomic mass is 10.0. The molecule has 3 unspecified atom stereocenters. The van der Waals surface area contributed by atoms with E-state index >= 15 is 0 Å². The molecule has 0 heterocycles. The molecule has 0 bridgehead atoms. The van der Waals surface area contributed by atoms with E-state index < -0.39 is 11.9 Å². The van der Waals surface area contributed by atoms with Crippen LogP contribution < -0.4 is 10.6 Å². The summed E-state index contributed by atoms with van der Waals surface area (Å²) in [4.78, 5) is 22.6. The van der Waals surface area contributed by atoms with Crippen molar-refractivity contribution in [3.8, 4) is 0 Å². The van der Waals surface area contributed by atoms with E-state index in [1.54, 1.807) is 12.2 Å². The fraction of sp³-hybridized carbons (Fsp3) is 0.714. The third kappa shape index (κ3) is 3.72. The summed E-state index contributed by atoms with van der Waals surface area (Å²) in [5.41, 5.74) is 0. The first kappa shape index (κ1) is 13.9. The SMILES string of the molecule is CC(NC(=O)NC1C=CC(C(=O)O)C1)C1CCCC1. The number of amides is 2. The molecule has 106 valence electrons. The van der Waals surface area contributed by atoms with Gasteiger partial charge in [0.25, 0.3) is 0 Å². The maximum absolute atomic E-state index is 11.8. The van der Waals surface area contributed by atoms with E-state index in [4.69, 9.17) is 5.11 Å². The fourth-order valence-corrected chi connectivity index (χ4v) is 2.98. The zero-order chi connectivity index (χ0) is 13.8. The standard InChI is InChI=1S/C14H22N2O3/c1-9(10-4-2-3-5-10)15-14(19)16-12-7-6-11(8-12)13(17)18/h6-7,9-12H,2-5,8H2,1H3,(H,17,18)(H2,15,16,19). The highest BCUT2D eigenvalue weighted by molar-refractivity contribution is 5.76. The highest BCUT2D eigenvalue weighted by Crippen LogP contribution is 2.27. The summed E-state index contributed by atoms with van der Waals surface area (Å²) in [5.74, 6) is -0.727. The molecular weight excluding hydrogens is 244 g/mol. The van der Waals surface area contributed by atoms with Gasteiger partial charge in [0.15, 0.2) is 0 Å². The number of aliphatic carboxylic acids is 1. The van der Waals surface area contributed by atoms with Crippen LogP contribution in [0.15, 0.2) is 12.2 Å². The van der Waals surface area contributed by atoms with Crippen molar-refractivity contribution >= 4 is 12.0 Å². The molecule has 3 N–H and O–H groups in total. The lowest BCUT2D eigenvalue weighted by molar-refractivity contribution is -0.140. The molecule has 0 saturated heterocycles. The quantitative estimate of drug-likeness (QED) is 0.680.